The second-order valence-corrected chi connectivity index (χ2v) is 5.81. The van der Waals surface area contributed by atoms with E-state index >= 15 is 0 Å². The van der Waals surface area contributed by atoms with E-state index in [1.807, 2.05) is 24.3 Å². The predicted molar refractivity (Wildman–Crippen MR) is 78.2 cm³/mol. The molecule has 0 bridgehead atoms. The second-order valence-electron chi connectivity index (χ2n) is 5.81. The first-order valence-electron chi connectivity index (χ1n) is 7.11. The molecule has 19 heavy (non-hydrogen) atoms. The highest BCUT2D eigenvalue weighted by Gasteiger charge is 2.24. The molecule has 3 atom stereocenters. The number of nitrogens with two attached hydrogens (primary N) is 1. The van der Waals surface area contributed by atoms with Gasteiger partial charge < -0.3 is 10.5 Å². The Balaban J connectivity index is 1.88. The van der Waals surface area contributed by atoms with Crippen LogP contribution in [0.3, 0.4) is 0 Å². The van der Waals surface area contributed by atoms with E-state index in [0.717, 1.165) is 35.8 Å². The molecular formula is C16H24N2O. The molecule has 104 valence electrons. The van der Waals surface area contributed by atoms with Crippen molar-refractivity contribution in [3.63, 3.8) is 0 Å². The fraction of sp³-hybridized carbons (Fsp3) is 0.562. The van der Waals surface area contributed by atoms with Crippen LogP contribution in [0, 0.1) is 17.2 Å². The van der Waals surface area contributed by atoms with Crippen molar-refractivity contribution in [3.8, 4) is 0 Å². The molecule has 3 N–H and O–H groups in total. The molecular weight excluding hydrogens is 236 g/mol. The SMILES string of the molecule is CC1CCC(OCc2cccc(C(=N)N)c2)CC1C. The molecule has 3 unspecified atom stereocenters. The fourth-order valence-corrected chi connectivity index (χ4v) is 2.69. The highest BCUT2D eigenvalue weighted by Crippen LogP contribution is 2.31. The van der Waals surface area contributed by atoms with E-state index in [2.05, 4.69) is 13.8 Å². The molecule has 1 fully saturated rings. The molecule has 1 aromatic carbocycles. The summed E-state index contributed by atoms with van der Waals surface area (Å²) in [5, 5.41) is 7.45. The molecule has 0 heterocycles. The smallest absolute Gasteiger partial charge is 0.122 e. The molecule has 2 rings (SSSR count). The Bertz CT molecular complexity index is 444. The Morgan fingerprint density at radius 3 is 2.79 bits per heavy atom. The summed E-state index contributed by atoms with van der Waals surface area (Å²) in [6.07, 6.45) is 3.97. The molecule has 0 aliphatic heterocycles. The van der Waals surface area contributed by atoms with Gasteiger partial charge in [-0.05, 0) is 42.7 Å². The lowest BCUT2D eigenvalue weighted by molar-refractivity contribution is -0.00745. The summed E-state index contributed by atoms with van der Waals surface area (Å²) < 4.78 is 6.01. The molecule has 1 aliphatic rings. The predicted octanol–water partition coefficient (Wildman–Crippen LogP) is 3.31. The molecule has 0 spiro atoms. The van der Waals surface area contributed by atoms with Crippen LogP contribution in [-0.2, 0) is 11.3 Å². The number of hydrogen-bond acceptors (Lipinski definition) is 2. The maximum atomic E-state index is 7.45. The van der Waals surface area contributed by atoms with Crippen molar-refractivity contribution in [2.75, 3.05) is 0 Å². The van der Waals surface area contributed by atoms with Gasteiger partial charge in [-0.25, -0.2) is 0 Å². The Labute approximate surface area is 115 Å². The normalized spacial score (nSPS) is 27.2. The standard InChI is InChI=1S/C16H24N2O/c1-11-6-7-15(8-12(11)2)19-10-13-4-3-5-14(9-13)16(17)18/h3-5,9,11-12,15H,6-8,10H2,1-2H3,(H3,17,18). The van der Waals surface area contributed by atoms with Crippen molar-refractivity contribution in [2.24, 2.45) is 17.6 Å². The minimum atomic E-state index is 0.113. The van der Waals surface area contributed by atoms with Gasteiger partial charge in [0.2, 0.25) is 0 Å². The Morgan fingerprint density at radius 1 is 1.32 bits per heavy atom. The third-order valence-electron chi connectivity index (χ3n) is 4.27. The minimum absolute atomic E-state index is 0.113. The monoisotopic (exact) mass is 260 g/mol. The van der Waals surface area contributed by atoms with Crippen molar-refractivity contribution in [1.29, 1.82) is 5.41 Å². The number of hydrogen-bond donors (Lipinski definition) is 2. The van der Waals surface area contributed by atoms with Crippen LogP contribution in [0.1, 0.15) is 44.2 Å². The zero-order valence-corrected chi connectivity index (χ0v) is 11.9. The average Bonchev–Trinajstić information content (AvgIpc) is 2.40. The number of rotatable bonds is 4. The first-order chi connectivity index (χ1) is 9.06. The molecule has 0 saturated heterocycles. The average molecular weight is 260 g/mol. The van der Waals surface area contributed by atoms with E-state index in [1.165, 1.54) is 6.42 Å². The fourth-order valence-electron chi connectivity index (χ4n) is 2.69. The Kier molecular flexibility index (Phi) is 4.59. The van der Waals surface area contributed by atoms with E-state index in [9.17, 15) is 0 Å². The quantitative estimate of drug-likeness (QED) is 0.644. The van der Waals surface area contributed by atoms with E-state index in [4.69, 9.17) is 15.9 Å². The number of nitrogen functional groups attached to an aromatic ring is 1. The Morgan fingerprint density at radius 2 is 2.11 bits per heavy atom. The largest absolute Gasteiger partial charge is 0.384 e. The van der Waals surface area contributed by atoms with Crippen LogP contribution in [-0.4, -0.2) is 11.9 Å². The van der Waals surface area contributed by atoms with E-state index < -0.39 is 0 Å². The van der Waals surface area contributed by atoms with Gasteiger partial charge in [0.25, 0.3) is 0 Å². The Hall–Kier alpha value is -1.35. The first-order valence-corrected chi connectivity index (χ1v) is 7.11. The van der Waals surface area contributed by atoms with Crippen LogP contribution in [0.5, 0.6) is 0 Å². The molecule has 0 aromatic heterocycles. The summed E-state index contributed by atoms with van der Waals surface area (Å²) in [5.41, 5.74) is 7.36. The van der Waals surface area contributed by atoms with Gasteiger partial charge >= 0.3 is 0 Å². The lowest BCUT2D eigenvalue weighted by Gasteiger charge is -2.32. The van der Waals surface area contributed by atoms with E-state index in [-0.39, 0.29) is 5.84 Å². The van der Waals surface area contributed by atoms with Crippen LogP contribution in [0.2, 0.25) is 0 Å². The second kappa shape index (κ2) is 6.20. The molecule has 1 aliphatic carbocycles. The maximum absolute atomic E-state index is 7.45. The third-order valence-corrected chi connectivity index (χ3v) is 4.27. The van der Waals surface area contributed by atoms with Crippen LogP contribution in [0.4, 0.5) is 0 Å². The number of benzene rings is 1. The summed E-state index contributed by atoms with van der Waals surface area (Å²) in [4.78, 5) is 0. The van der Waals surface area contributed by atoms with Crippen molar-refractivity contribution in [1.82, 2.24) is 0 Å². The van der Waals surface area contributed by atoms with Gasteiger partial charge in [-0.1, -0.05) is 32.0 Å². The van der Waals surface area contributed by atoms with Gasteiger partial charge in [-0.2, -0.15) is 0 Å². The lowest BCUT2D eigenvalue weighted by atomic mass is 9.80. The summed E-state index contributed by atoms with van der Waals surface area (Å²) >= 11 is 0. The summed E-state index contributed by atoms with van der Waals surface area (Å²) in [7, 11) is 0. The molecule has 0 radical (unpaired) electrons. The summed E-state index contributed by atoms with van der Waals surface area (Å²) in [5.74, 6) is 1.69. The van der Waals surface area contributed by atoms with Gasteiger partial charge in [0.1, 0.15) is 5.84 Å². The molecule has 3 heteroatoms. The van der Waals surface area contributed by atoms with Gasteiger partial charge in [0.15, 0.2) is 0 Å². The van der Waals surface area contributed by atoms with Crippen molar-refractivity contribution < 1.29 is 4.74 Å². The molecule has 1 aromatic rings. The lowest BCUT2D eigenvalue weighted by Crippen LogP contribution is -2.26. The highest BCUT2D eigenvalue weighted by atomic mass is 16.5. The van der Waals surface area contributed by atoms with Crippen LogP contribution >= 0.6 is 0 Å². The minimum Gasteiger partial charge on any atom is -0.384 e. The van der Waals surface area contributed by atoms with Gasteiger partial charge in [-0.3, -0.25) is 5.41 Å². The first kappa shape index (κ1) is 14.1. The number of ether oxygens (including phenoxy) is 1. The summed E-state index contributed by atoms with van der Waals surface area (Å²) in [6.45, 7) is 5.26. The van der Waals surface area contributed by atoms with Crippen molar-refractivity contribution in [2.45, 2.75) is 45.8 Å². The number of nitrogens with one attached hydrogen (secondary N) is 1. The topological polar surface area (TPSA) is 59.1 Å². The van der Waals surface area contributed by atoms with Gasteiger partial charge in [0.05, 0.1) is 12.7 Å². The van der Waals surface area contributed by atoms with E-state index in [0.29, 0.717) is 12.7 Å². The van der Waals surface area contributed by atoms with Gasteiger partial charge in [-0.15, -0.1) is 0 Å². The van der Waals surface area contributed by atoms with Crippen molar-refractivity contribution >= 4 is 5.84 Å². The molecule has 3 nitrogen and oxygen atoms in total. The van der Waals surface area contributed by atoms with E-state index in [1.54, 1.807) is 0 Å². The number of amidine groups is 1. The zero-order valence-electron chi connectivity index (χ0n) is 11.9. The van der Waals surface area contributed by atoms with Crippen molar-refractivity contribution in [3.05, 3.63) is 35.4 Å². The van der Waals surface area contributed by atoms with Gasteiger partial charge in [0, 0.05) is 5.56 Å². The van der Waals surface area contributed by atoms with Crippen LogP contribution < -0.4 is 5.73 Å². The maximum Gasteiger partial charge on any atom is 0.122 e. The highest BCUT2D eigenvalue weighted by molar-refractivity contribution is 5.95. The summed E-state index contributed by atoms with van der Waals surface area (Å²) in [6, 6.07) is 7.76. The van der Waals surface area contributed by atoms with Crippen LogP contribution in [0.15, 0.2) is 24.3 Å². The third kappa shape index (κ3) is 3.80. The molecule has 0 amide bonds. The van der Waals surface area contributed by atoms with Crippen LogP contribution in [0.25, 0.3) is 0 Å². The zero-order chi connectivity index (χ0) is 13.8. The molecule has 1 saturated carbocycles.